The van der Waals surface area contributed by atoms with Gasteiger partial charge in [-0.25, -0.2) is 4.98 Å². The van der Waals surface area contributed by atoms with E-state index in [1.165, 1.54) is 0 Å². The topological polar surface area (TPSA) is 76.0 Å². The van der Waals surface area contributed by atoms with Crippen molar-refractivity contribution in [2.75, 3.05) is 6.54 Å². The van der Waals surface area contributed by atoms with Gasteiger partial charge in [0.25, 0.3) is 5.91 Å². The van der Waals surface area contributed by atoms with E-state index in [1.54, 1.807) is 0 Å². The molecular weight excluding hydrogens is 364 g/mol. The van der Waals surface area contributed by atoms with Crippen LogP contribution in [-0.2, 0) is 17.8 Å². The van der Waals surface area contributed by atoms with Crippen LogP contribution in [0.3, 0.4) is 0 Å². The number of imidazole rings is 1. The normalized spacial score (nSPS) is 11.0. The Labute approximate surface area is 171 Å². The number of benzene rings is 2. The molecule has 2 N–H and O–H groups in total. The molecular formula is C23H28N4O2. The summed E-state index contributed by atoms with van der Waals surface area (Å²) in [6.07, 6.45) is 1.42. The van der Waals surface area contributed by atoms with E-state index in [9.17, 15) is 9.59 Å². The van der Waals surface area contributed by atoms with Crippen molar-refractivity contribution in [1.29, 1.82) is 0 Å². The van der Waals surface area contributed by atoms with Crippen molar-refractivity contribution < 1.29 is 9.59 Å². The third-order valence-electron chi connectivity index (χ3n) is 4.74. The molecule has 152 valence electrons. The van der Waals surface area contributed by atoms with E-state index in [-0.39, 0.29) is 24.4 Å². The molecule has 1 aromatic heterocycles. The Balaban J connectivity index is 1.65. The Bertz CT molecular complexity index is 1010. The number of nitrogens with zero attached hydrogens (tertiary/aromatic N) is 2. The van der Waals surface area contributed by atoms with E-state index in [0.29, 0.717) is 18.5 Å². The zero-order chi connectivity index (χ0) is 20.8. The van der Waals surface area contributed by atoms with Crippen LogP contribution in [0.2, 0.25) is 0 Å². The molecule has 3 rings (SSSR count). The van der Waals surface area contributed by atoms with Crippen molar-refractivity contribution in [1.82, 2.24) is 20.2 Å². The number of carbonyl (C=O) groups excluding carboxylic acids is 2. The number of fused-ring (bicyclic) bond motifs is 1. The summed E-state index contributed by atoms with van der Waals surface area (Å²) >= 11 is 0. The van der Waals surface area contributed by atoms with Gasteiger partial charge in [0.1, 0.15) is 12.4 Å². The van der Waals surface area contributed by atoms with E-state index < -0.39 is 0 Å². The maximum atomic E-state index is 12.3. The molecule has 3 aromatic rings. The lowest BCUT2D eigenvalue weighted by atomic mass is 10.1. The van der Waals surface area contributed by atoms with E-state index in [0.717, 1.165) is 28.8 Å². The van der Waals surface area contributed by atoms with E-state index in [2.05, 4.69) is 10.6 Å². The van der Waals surface area contributed by atoms with Gasteiger partial charge in [-0.3, -0.25) is 9.59 Å². The van der Waals surface area contributed by atoms with Crippen molar-refractivity contribution in [3.05, 3.63) is 65.5 Å². The van der Waals surface area contributed by atoms with Gasteiger partial charge in [0.05, 0.1) is 11.0 Å². The summed E-state index contributed by atoms with van der Waals surface area (Å²) in [4.78, 5) is 29.4. The van der Waals surface area contributed by atoms with Crippen LogP contribution in [0.15, 0.2) is 48.5 Å². The molecule has 0 radical (unpaired) electrons. The molecule has 0 bridgehead atoms. The molecule has 0 atom stereocenters. The van der Waals surface area contributed by atoms with Crippen LogP contribution in [0.5, 0.6) is 0 Å². The summed E-state index contributed by atoms with van der Waals surface area (Å²) in [5.74, 6) is 0.764. The summed E-state index contributed by atoms with van der Waals surface area (Å²) < 4.78 is 1.97. The van der Waals surface area contributed by atoms with Gasteiger partial charge in [0, 0.05) is 24.6 Å². The quantitative estimate of drug-likeness (QED) is 0.578. The first-order valence-electron chi connectivity index (χ1n) is 10.0. The number of hydrogen-bond donors (Lipinski definition) is 2. The first-order chi connectivity index (χ1) is 14.0. The molecule has 6 heteroatoms. The Hall–Kier alpha value is -3.15. The highest BCUT2D eigenvalue weighted by molar-refractivity contribution is 5.95. The van der Waals surface area contributed by atoms with Crippen LogP contribution in [0.25, 0.3) is 11.0 Å². The highest BCUT2D eigenvalue weighted by Crippen LogP contribution is 2.17. The minimum Gasteiger partial charge on any atom is -0.352 e. The zero-order valence-corrected chi connectivity index (χ0v) is 17.2. The van der Waals surface area contributed by atoms with Crippen LogP contribution in [-0.4, -0.2) is 34.0 Å². The van der Waals surface area contributed by atoms with Crippen LogP contribution >= 0.6 is 0 Å². The number of nitrogens with one attached hydrogen (secondary N) is 2. The number of aryl methyl sites for hydroxylation is 2. The second-order valence-corrected chi connectivity index (χ2v) is 7.50. The second kappa shape index (κ2) is 9.37. The van der Waals surface area contributed by atoms with Gasteiger partial charge in [-0.05, 0) is 51.0 Å². The first kappa shape index (κ1) is 20.6. The van der Waals surface area contributed by atoms with Crippen molar-refractivity contribution >= 4 is 22.8 Å². The van der Waals surface area contributed by atoms with Crippen LogP contribution in [0.4, 0.5) is 0 Å². The summed E-state index contributed by atoms with van der Waals surface area (Å²) in [7, 11) is 0. The molecule has 2 amide bonds. The third kappa shape index (κ3) is 5.22. The molecule has 1 heterocycles. The minimum absolute atomic E-state index is 0.0303. The fourth-order valence-electron chi connectivity index (χ4n) is 3.38. The van der Waals surface area contributed by atoms with Crippen molar-refractivity contribution in [3.63, 3.8) is 0 Å². The molecule has 0 spiro atoms. The molecule has 0 saturated carbocycles. The number of hydrogen-bond acceptors (Lipinski definition) is 3. The minimum atomic E-state index is -0.0621. The number of para-hydroxylation sites is 2. The summed E-state index contributed by atoms with van der Waals surface area (Å²) in [6.45, 7) is 6.61. The lowest BCUT2D eigenvalue weighted by molar-refractivity contribution is -0.122. The zero-order valence-electron chi connectivity index (χ0n) is 17.2. The number of carbonyl (C=O) groups is 2. The van der Waals surface area contributed by atoms with Gasteiger partial charge >= 0.3 is 0 Å². The lowest BCUT2D eigenvalue weighted by Gasteiger charge is -2.12. The average molecular weight is 393 g/mol. The van der Waals surface area contributed by atoms with Crippen LogP contribution in [0, 0.1) is 6.92 Å². The Kier molecular flexibility index (Phi) is 6.65. The summed E-state index contributed by atoms with van der Waals surface area (Å²) in [5, 5.41) is 5.91. The first-order valence-corrected chi connectivity index (χ1v) is 10.0. The Morgan fingerprint density at radius 3 is 2.55 bits per heavy atom. The highest BCUT2D eigenvalue weighted by Gasteiger charge is 2.14. The third-order valence-corrected chi connectivity index (χ3v) is 4.74. The number of amides is 2. The van der Waals surface area contributed by atoms with E-state index >= 15 is 0 Å². The molecule has 0 saturated heterocycles. The van der Waals surface area contributed by atoms with Gasteiger partial charge in [-0.2, -0.15) is 0 Å². The Morgan fingerprint density at radius 2 is 1.79 bits per heavy atom. The average Bonchev–Trinajstić information content (AvgIpc) is 3.02. The molecule has 0 aliphatic carbocycles. The van der Waals surface area contributed by atoms with Crippen molar-refractivity contribution in [2.24, 2.45) is 0 Å². The standard InChI is InChI=1S/C23H28N4O2/c1-16(2)25-22(28)15-27-20-12-7-6-11-19(20)26-21(27)13-8-14-24-23(29)18-10-5-4-9-17(18)3/h4-7,9-12,16H,8,13-15H2,1-3H3,(H,24,29)(H,25,28). The fourth-order valence-corrected chi connectivity index (χ4v) is 3.38. The number of rotatable bonds is 8. The Morgan fingerprint density at radius 1 is 1.07 bits per heavy atom. The van der Waals surface area contributed by atoms with Crippen LogP contribution in [0.1, 0.15) is 42.0 Å². The van der Waals surface area contributed by atoms with Gasteiger partial charge < -0.3 is 15.2 Å². The van der Waals surface area contributed by atoms with E-state index in [1.807, 2.05) is 73.9 Å². The van der Waals surface area contributed by atoms with E-state index in [4.69, 9.17) is 4.98 Å². The molecule has 29 heavy (non-hydrogen) atoms. The molecule has 0 unspecified atom stereocenters. The van der Waals surface area contributed by atoms with Crippen molar-refractivity contribution in [3.8, 4) is 0 Å². The van der Waals surface area contributed by atoms with Gasteiger partial charge in [0.2, 0.25) is 5.91 Å². The smallest absolute Gasteiger partial charge is 0.251 e. The second-order valence-electron chi connectivity index (χ2n) is 7.50. The largest absolute Gasteiger partial charge is 0.352 e. The van der Waals surface area contributed by atoms with Gasteiger partial charge in [-0.1, -0.05) is 30.3 Å². The summed E-state index contributed by atoms with van der Waals surface area (Å²) in [6, 6.07) is 15.5. The molecule has 6 nitrogen and oxygen atoms in total. The van der Waals surface area contributed by atoms with Crippen LogP contribution < -0.4 is 10.6 Å². The fraction of sp³-hybridized carbons (Fsp3) is 0.348. The number of aromatic nitrogens is 2. The molecule has 0 fully saturated rings. The predicted molar refractivity (Wildman–Crippen MR) is 115 cm³/mol. The van der Waals surface area contributed by atoms with Gasteiger partial charge in [0.15, 0.2) is 0 Å². The lowest BCUT2D eigenvalue weighted by Crippen LogP contribution is -2.33. The predicted octanol–water partition coefficient (Wildman–Crippen LogP) is 3.23. The maximum Gasteiger partial charge on any atom is 0.251 e. The molecule has 0 aliphatic heterocycles. The van der Waals surface area contributed by atoms with Crippen molar-refractivity contribution in [2.45, 2.75) is 46.2 Å². The SMILES string of the molecule is Cc1ccccc1C(=O)NCCCc1nc2ccccc2n1CC(=O)NC(C)C. The molecule has 2 aromatic carbocycles. The summed E-state index contributed by atoms with van der Waals surface area (Å²) in [5.41, 5.74) is 3.49. The van der Waals surface area contributed by atoms with Gasteiger partial charge in [-0.15, -0.1) is 0 Å². The monoisotopic (exact) mass is 392 g/mol. The maximum absolute atomic E-state index is 12.3. The molecule has 0 aliphatic rings. The highest BCUT2D eigenvalue weighted by atomic mass is 16.2.